The Balaban J connectivity index is 0.00000147. The standard InChI is InChI=1S/C14H17Cl2FN2.ClH/c15-12-10(1-2-11(17)13(12)16)7-19-6-4-14(9-19)3-5-18-8-14;/h1-2,18H,3-9H2;1H. The molecule has 20 heavy (non-hydrogen) atoms. The summed E-state index contributed by atoms with van der Waals surface area (Å²) in [5.74, 6) is -0.451. The van der Waals surface area contributed by atoms with Crippen LogP contribution in [0.25, 0.3) is 0 Å². The Kier molecular flexibility index (Phi) is 5.19. The van der Waals surface area contributed by atoms with Gasteiger partial charge in [-0.1, -0.05) is 29.3 Å². The Morgan fingerprint density at radius 1 is 1.25 bits per heavy atom. The highest BCUT2D eigenvalue weighted by atomic mass is 35.5. The minimum Gasteiger partial charge on any atom is -0.316 e. The molecule has 2 nitrogen and oxygen atoms in total. The van der Waals surface area contributed by atoms with Crippen molar-refractivity contribution in [1.82, 2.24) is 10.2 Å². The molecule has 1 aromatic carbocycles. The van der Waals surface area contributed by atoms with Crippen molar-refractivity contribution in [2.45, 2.75) is 19.4 Å². The van der Waals surface area contributed by atoms with Crippen molar-refractivity contribution in [2.75, 3.05) is 26.2 Å². The Bertz CT molecular complexity index is 490. The third-order valence-corrected chi connectivity index (χ3v) is 5.26. The molecule has 1 spiro atoms. The van der Waals surface area contributed by atoms with Gasteiger partial charge in [0.15, 0.2) is 0 Å². The Hall–Kier alpha value is -0.0600. The van der Waals surface area contributed by atoms with E-state index < -0.39 is 5.82 Å². The molecule has 0 aromatic heterocycles. The molecule has 2 fully saturated rings. The highest BCUT2D eigenvalue weighted by Crippen LogP contribution is 2.37. The topological polar surface area (TPSA) is 15.3 Å². The van der Waals surface area contributed by atoms with Crippen LogP contribution >= 0.6 is 35.6 Å². The summed E-state index contributed by atoms with van der Waals surface area (Å²) in [5.41, 5.74) is 1.35. The van der Waals surface area contributed by atoms with Gasteiger partial charge in [-0.15, -0.1) is 12.4 Å². The number of rotatable bonds is 2. The van der Waals surface area contributed by atoms with Gasteiger partial charge in [-0.25, -0.2) is 4.39 Å². The Morgan fingerprint density at radius 2 is 2.05 bits per heavy atom. The third kappa shape index (κ3) is 3.07. The lowest BCUT2D eigenvalue weighted by molar-refractivity contribution is 0.268. The summed E-state index contributed by atoms with van der Waals surface area (Å²) in [5, 5.41) is 3.84. The lowest BCUT2D eigenvalue weighted by Crippen LogP contribution is -2.29. The van der Waals surface area contributed by atoms with Gasteiger partial charge in [0.1, 0.15) is 5.82 Å². The van der Waals surface area contributed by atoms with E-state index >= 15 is 0 Å². The van der Waals surface area contributed by atoms with Crippen LogP contribution in [0.4, 0.5) is 4.39 Å². The Labute approximate surface area is 135 Å². The first-order chi connectivity index (χ1) is 9.10. The van der Waals surface area contributed by atoms with Gasteiger partial charge in [0, 0.05) is 19.6 Å². The van der Waals surface area contributed by atoms with Crippen LogP contribution in [0.5, 0.6) is 0 Å². The minimum atomic E-state index is -0.451. The number of benzene rings is 1. The minimum absolute atomic E-state index is 0. The fourth-order valence-electron chi connectivity index (χ4n) is 3.24. The van der Waals surface area contributed by atoms with E-state index in [4.69, 9.17) is 23.2 Å². The quantitative estimate of drug-likeness (QED) is 0.826. The van der Waals surface area contributed by atoms with E-state index in [1.165, 1.54) is 18.9 Å². The SMILES string of the molecule is Cl.Fc1ccc(CN2CCC3(CCNC3)C2)c(Cl)c1Cl. The van der Waals surface area contributed by atoms with Gasteiger partial charge in [-0.3, -0.25) is 4.90 Å². The molecule has 1 atom stereocenters. The molecule has 2 heterocycles. The molecule has 1 unspecified atom stereocenters. The van der Waals surface area contributed by atoms with Crippen LogP contribution in [0.3, 0.4) is 0 Å². The summed E-state index contributed by atoms with van der Waals surface area (Å²) >= 11 is 12.0. The lowest BCUT2D eigenvalue weighted by Gasteiger charge is -2.23. The first-order valence-corrected chi connectivity index (χ1v) is 7.41. The molecule has 0 radical (unpaired) electrons. The molecule has 0 saturated carbocycles. The monoisotopic (exact) mass is 338 g/mol. The number of halogens is 4. The summed E-state index contributed by atoms with van der Waals surface area (Å²) in [7, 11) is 0. The maximum atomic E-state index is 13.3. The predicted octanol–water partition coefficient (Wildman–Crippen LogP) is 3.74. The zero-order chi connectivity index (χ0) is 13.5. The normalized spacial score (nSPS) is 26.1. The van der Waals surface area contributed by atoms with Crippen LogP contribution in [0.1, 0.15) is 18.4 Å². The molecule has 2 aliphatic heterocycles. The van der Waals surface area contributed by atoms with Gasteiger partial charge in [0.2, 0.25) is 0 Å². The summed E-state index contributed by atoms with van der Waals surface area (Å²) in [6.07, 6.45) is 2.48. The van der Waals surface area contributed by atoms with E-state index in [9.17, 15) is 4.39 Å². The maximum absolute atomic E-state index is 13.3. The highest BCUT2D eigenvalue weighted by Gasteiger charge is 2.40. The average molecular weight is 340 g/mol. The van der Waals surface area contributed by atoms with Crippen LogP contribution in [0.2, 0.25) is 10.0 Å². The second kappa shape index (κ2) is 6.37. The number of likely N-dealkylation sites (tertiary alicyclic amines) is 1. The third-order valence-electron chi connectivity index (χ3n) is 4.36. The first-order valence-electron chi connectivity index (χ1n) is 6.65. The molecule has 0 aliphatic carbocycles. The molecule has 2 aliphatic rings. The van der Waals surface area contributed by atoms with E-state index in [-0.39, 0.29) is 17.4 Å². The summed E-state index contributed by atoms with van der Waals surface area (Å²) in [6.45, 7) is 5.15. The number of nitrogens with one attached hydrogen (secondary N) is 1. The molecule has 1 aromatic rings. The molecule has 3 rings (SSSR count). The van der Waals surface area contributed by atoms with Crippen LogP contribution in [-0.4, -0.2) is 31.1 Å². The smallest absolute Gasteiger partial charge is 0.143 e. The second-order valence-electron chi connectivity index (χ2n) is 5.72. The first kappa shape index (κ1) is 16.3. The molecule has 0 bridgehead atoms. The fraction of sp³-hybridized carbons (Fsp3) is 0.571. The van der Waals surface area contributed by atoms with E-state index in [0.29, 0.717) is 10.4 Å². The number of hydrogen-bond acceptors (Lipinski definition) is 2. The summed E-state index contributed by atoms with van der Waals surface area (Å²) in [4.78, 5) is 2.39. The average Bonchev–Trinajstić information content (AvgIpc) is 3.01. The van der Waals surface area contributed by atoms with Gasteiger partial charge in [-0.2, -0.15) is 0 Å². The zero-order valence-corrected chi connectivity index (χ0v) is 13.4. The van der Waals surface area contributed by atoms with Gasteiger partial charge in [0.05, 0.1) is 10.0 Å². The van der Waals surface area contributed by atoms with Crippen LogP contribution in [0.15, 0.2) is 12.1 Å². The van der Waals surface area contributed by atoms with E-state index in [1.54, 1.807) is 6.07 Å². The van der Waals surface area contributed by atoms with Gasteiger partial charge < -0.3 is 5.32 Å². The van der Waals surface area contributed by atoms with Crippen LogP contribution in [0, 0.1) is 11.2 Å². The van der Waals surface area contributed by atoms with Crippen molar-refractivity contribution in [3.63, 3.8) is 0 Å². The van der Waals surface area contributed by atoms with Gasteiger partial charge in [-0.05, 0) is 43.0 Å². The molecule has 112 valence electrons. The maximum Gasteiger partial charge on any atom is 0.143 e. The number of nitrogens with zero attached hydrogens (tertiary/aromatic N) is 1. The van der Waals surface area contributed by atoms with Crippen molar-refractivity contribution < 1.29 is 4.39 Å². The molecule has 0 amide bonds. The van der Waals surface area contributed by atoms with Crippen molar-refractivity contribution in [2.24, 2.45) is 5.41 Å². The van der Waals surface area contributed by atoms with Crippen molar-refractivity contribution in [3.05, 3.63) is 33.6 Å². The molecule has 6 heteroatoms. The molecule has 2 saturated heterocycles. The van der Waals surface area contributed by atoms with Crippen LogP contribution in [-0.2, 0) is 6.54 Å². The molecular formula is C14H18Cl3FN2. The Morgan fingerprint density at radius 3 is 2.75 bits per heavy atom. The van der Waals surface area contributed by atoms with Crippen molar-refractivity contribution >= 4 is 35.6 Å². The zero-order valence-electron chi connectivity index (χ0n) is 11.1. The van der Waals surface area contributed by atoms with Gasteiger partial charge >= 0.3 is 0 Å². The second-order valence-corrected chi connectivity index (χ2v) is 6.48. The fourth-order valence-corrected chi connectivity index (χ4v) is 3.63. The molecule has 1 N–H and O–H groups in total. The summed E-state index contributed by atoms with van der Waals surface area (Å²) < 4.78 is 13.3. The van der Waals surface area contributed by atoms with Crippen molar-refractivity contribution in [3.8, 4) is 0 Å². The predicted molar refractivity (Wildman–Crippen MR) is 83.5 cm³/mol. The number of hydrogen-bond donors (Lipinski definition) is 1. The van der Waals surface area contributed by atoms with Crippen molar-refractivity contribution in [1.29, 1.82) is 0 Å². The highest BCUT2D eigenvalue weighted by molar-refractivity contribution is 6.42. The van der Waals surface area contributed by atoms with Gasteiger partial charge in [0.25, 0.3) is 0 Å². The molecular weight excluding hydrogens is 322 g/mol. The van der Waals surface area contributed by atoms with E-state index in [2.05, 4.69) is 10.2 Å². The lowest BCUT2D eigenvalue weighted by atomic mass is 9.86. The largest absolute Gasteiger partial charge is 0.316 e. The summed E-state index contributed by atoms with van der Waals surface area (Å²) in [6, 6.07) is 3.13. The van der Waals surface area contributed by atoms with E-state index in [1.807, 2.05) is 0 Å². The van der Waals surface area contributed by atoms with E-state index in [0.717, 1.165) is 38.3 Å². The van der Waals surface area contributed by atoms with Crippen LogP contribution < -0.4 is 5.32 Å².